The molecule has 0 radical (unpaired) electrons. The van der Waals surface area contributed by atoms with Gasteiger partial charge < -0.3 is 14.6 Å². The number of para-hydroxylation sites is 2. The van der Waals surface area contributed by atoms with Crippen LogP contribution in [0, 0.1) is 6.92 Å². The molecule has 0 bridgehead atoms. The number of fused-ring (bicyclic) bond motifs is 1. The van der Waals surface area contributed by atoms with Crippen LogP contribution in [0.5, 0.6) is 0 Å². The van der Waals surface area contributed by atoms with Crippen molar-refractivity contribution in [1.82, 2.24) is 14.9 Å². The second-order valence-electron chi connectivity index (χ2n) is 6.70. The maximum Gasteiger partial charge on any atom is 0.225 e. The number of nitrogens with zero attached hydrogens (tertiary/aromatic N) is 2. The van der Waals surface area contributed by atoms with E-state index in [-0.39, 0.29) is 11.9 Å². The highest BCUT2D eigenvalue weighted by molar-refractivity contribution is 5.80. The van der Waals surface area contributed by atoms with E-state index in [9.17, 15) is 4.79 Å². The van der Waals surface area contributed by atoms with Gasteiger partial charge in [0, 0.05) is 13.2 Å². The van der Waals surface area contributed by atoms with E-state index in [0.717, 1.165) is 28.0 Å². The molecule has 3 aromatic rings. The van der Waals surface area contributed by atoms with Gasteiger partial charge in [-0.1, -0.05) is 36.4 Å². The lowest BCUT2D eigenvalue weighted by Crippen LogP contribution is -2.30. The van der Waals surface area contributed by atoms with Crippen LogP contribution in [-0.4, -0.2) is 28.7 Å². The molecule has 1 unspecified atom stereocenters. The van der Waals surface area contributed by atoms with E-state index in [0.29, 0.717) is 26.2 Å². The van der Waals surface area contributed by atoms with Crippen LogP contribution < -0.4 is 5.32 Å². The van der Waals surface area contributed by atoms with E-state index in [2.05, 4.69) is 16.0 Å². The van der Waals surface area contributed by atoms with Gasteiger partial charge in [0.1, 0.15) is 5.82 Å². The first-order chi connectivity index (χ1) is 13.1. The van der Waals surface area contributed by atoms with E-state index < -0.39 is 0 Å². The Morgan fingerprint density at radius 2 is 1.93 bits per heavy atom. The fraction of sp³-hybridized carbons (Fsp3) is 0.364. The summed E-state index contributed by atoms with van der Waals surface area (Å²) in [5, 5.41) is 3.10. The molecular formula is C22H27N3O2. The topological polar surface area (TPSA) is 56.1 Å². The lowest BCUT2D eigenvalue weighted by molar-refractivity contribution is -0.121. The number of rotatable bonds is 8. The number of hydrogen-bond acceptors (Lipinski definition) is 3. The summed E-state index contributed by atoms with van der Waals surface area (Å²) in [6.45, 7) is 8.01. The molecule has 5 nitrogen and oxygen atoms in total. The average Bonchev–Trinajstić information content (AvgIpc) is 3.03. The van der Waals surface area contributed by atoms with Crippen molar-refractivity contribution in [3.63, 3.8) is 0 Å². The van der Waals surface area contributed by atoms with Gasteiger partial charge in [-0.05, 0) is 44.0 Å². The summed E-state index contributed by atoms with van der Waals surface area (Å²) in [4.78, 5) is 17.3. The first-order valence-corrected chi connectivity index (χ1v) is 9.47. The molecule has 0 fully saturated rings. The van der Waals surface area contributed by atoms with Crippen LogP contribution in [0.1, 0.15) is 36.8 Å². The molecule has 0 saturated carbocycles. The van der Waals surface area contributed by atoms with Crippen LogP contribution in [-0.2, 0) is 22.5 Å². The summed E-state index contributed by atoms with van der Waals surface area (Å²) < 4.78 is 7.67. The highest BCUT2D eigenvalue weighted by Gasteiger charge is 2.18. The molecule has 0 saturated heterocycles. The van der Waals surface area contributed by atoms with E-state index in [4.69, 9.17) is 9.72 Å². The Balaban J connectivity index is 1.78. The standard InChI is InChI=1S/C22H27N3O2/c1-4-27-14-13-25-20-12-8-7-11-19(20)24-22(25)17(3)23-21(26)15-18-10-6-5-9-16(18)2/h5-12,17H,4,13-15H2,1-3H3,(H,23,26). The fourth-order valence-corrected chi connectivity index (χ4v) is 3.30. The molecule has 27 heavy (non-hydrogen) atoms. The smallest absolute Gasteiger partial charge is 0.225 e. The van der Waals surface area contributed by atoms with Gasteiger partial charge in [0.25, 0.3) is 0 Å². The van der Waals surface area contributed by atoms with Gasteiger partial charge in [0.05, 0.1) is 30.1 Å². The number of benzene rings is 2. The monoisotopic (exact) mass is 365 g/mol. The summed E-state index contributed by atoms with van der Waals surface area (Å²) >= 11 is 0. The minimum absolute atomic E-state index is 0.000198. The summed E-state index contributed by atoms with van der Waals surface area (Å²) in [5.74, 6) is 0.856. The Bertz CT molecular complexity index is 917. The predicted molar refractivity (Wildman–Crippen MR) is 108 cm³/mol. The van der Waals surface area contributed by atoms with Gasteiger partial charge in [-0.3, -0.25) is 4.79 Å². The molecule has 0 spiro atoms. The Morgan fingerprint density at radius 3 is 2.70 bits per heavy atom. The third-order valence-electron chi connectivity index (χ3n) is 4.72. The first-order valence-electron chi connectivity index (χ1n) is 9.47. The van der Waals surface area contributed by atoms with Gasteiger partial charge in [-0.15, -0.1) is 0 Å². The van der Waals surface area contributed by atoms with Gasteiger partial charge in [-0.2, -0.15) is 0 Å². The Morgan fingerprint density at radius 1 is 1.19 bits per heavy atom. The van der Waals surface area contributed by atoms with E-state index in [1.165, 1.54) is 0 Å². The van der Waals surface area contributed by atoms with Crippen LogP contribution in [0.3, 0.4) is 0 Å². The zero-order chi connectivity index (χ0) is 19.2. The molecule has 2 aromatic carbocycles. The highest BCUT2D eigenvalue weighted by atomic mass is 16.5. The molecule has 0 aliphatic rings. The molecule has 1 amide bonds. The quantitative estimate of drug-likeness (QED) is 0.618. The van der Waals surface area contributed by atoms with E-state index in [1.807, 2.05) is 63.2 Å². The minimum atomic E-state index is -0.185. The van der Waals surface area contributed by atoms with E-state index >= 15 is 0 Å². The number of ether oxygens (including phenoxy) is 1. The Labute approximate surface area is 160 Å². The van der Waals surface area contributed by atoms with E-state index in [1.54, 1.807) is 0 Å². The largest absolute Gasteiger partial charge is 0.380 e. The Hall–Kier alpha value is -2.66. The molecule has 0 aliphatic carbocycles. The maximum atomic E-state index is 12.6. The summed E-state index contributed by atoms with van der Waals surface area (Å²) in [7, 11) is 0. The zero-order valence-electron chi connectivity index (χ0n) is 16.2. The third-order valence-corrected chi connectivity index (χ3v) is 4.72. The van der Waals surface area contributed by atoms with Gasteiger partial charge in [-0.25, -0.2) is 4.98 Å². The van der Waals surface area contributed by atoms with Crippen LogP contribution in [0.4, 0.5) is 0 Å². The van der Waals surface area contributed by atoms with Crippen LogP contribution >= 0.6 is 0 Å². The molecule has 142 valence electrons. The van der Waals surface area contributed by atoms with Crippen molar-refractivity contribution in [2.45, 2.75) is 39.8 Å². The SMILES string of the molecule is CCOCCn1c(C(C)NC(=O)Cc2ccccc2C)nc2ccccc21. The number of carbonyl (C=O) groups excluding carboxylic acids is 1. The fourth-order valence-electron chi connectivity index (χ4n) is 3.30. The van der Waals surface area contributed by atoms with Gasteiger partial charge in [0.2, 0.25) is 5.91 Å². The number of amides is 1. The molecule has 3 rings (SSSR count). The molecule has 5 heteroatoms. The lowest BCUT2D eigenvalue weighted by atomic mass is 10.1. The number of aryl methyl sites for hydroxylation is 1. The van der Waals surface area contributed by atoms with Crippen molar-refractivity contribution in [3.05, 3.63) is 65.5 Å². The van der Waals surface area contributed by atoms with Gasteiger partial charge in [0.15, 0.2) is 0 Å². The summed E-state index contributed by atoms with van der Waals surface area (Å²) in [6, 6.07) is 15.8. The predicted octanol–water partition coefficient (Wildman–Crippen LogP) is 3.80. The highest BCUT2D eigenvalue weighted by Crippen LogP contribution is 2.21. The number of nitrogens with one attached hydrogen (secondary N) is 1. The van der Waals surface area contributed by atoms with Crippen LogP contribution in [0.15, 0.2) is 48.5 Å². The first kappa shape index (κ1) is 19.1. The second kappa shape index (κ2) is 8.82. The number of imidazole rings is 1. The van der Waals surface area contributed by atoms with Crippen molar-refractivity contribution in [3.8, 4) is 0 Å². The van der Waals surface area contributed by atoms with Gasteiger partial charge >= 0.3 is 0 Å². The van der Waals surface area contributed by atoms with Crippen LogP contribution in [0.25, 0.3) is 11.0 Å². The van der Waals surface area contributed by atoms with Crippen LogP contribution in [0.2, 0.25) is 0 Å². The zero-order valence-corrected chi connectivity index (χ0v) is 16.2. The third kappa shape index (κ3) is 4.55. The molecule has 1 atom stereocenters. The average molecular weight is 365 g/mol. The molecule has 1 heterocycles. The van der Waals surface area contributed by atoms with Crippen molar-refractivity contribution < 1.29 is 9.53 Å². The minimum Gasteiger partial charge on any atom is -0.380 e. The number of aromatic nitrogens is 2. The maximum absolute atomic E-state index is 12.6. The normalized spacial score (nSPS) is 12.3. The van der Waals surface area contributed by atoms with Crippen molar-refractivity contribution in [2.24, 2.45) is 0 Å². The second-order valence-corrected chi connectivity index (χ2v) is 6.70. The summed E-state index contributed by atoms with van der Waals surface area (Å²) in [5.41, 5.74) is 4.17. The molecule has 1 aromatic heterocycles. The Kier molecular flexibility index (Phi) is 6.24. The molecule has 1 N–H and O–H groups in total. The van der Waals surface area contributed by atoms with Crippen molar-refractivity contribution in [2.75, 3.05) is 13.2 Å². The van der Waals surface area contributed by atoms with Crippen molar-refractivity contribution in [1.29, 1.82) is 0 Å². The number of carbonyl (C=O) groups is 1. The lowest BCUT2D eigenvalue weighted by Gasteiger charge is -2.17. The molecule has 0 aliphatic heterocycles. The molecular weight excluding hydrogens is 338 g/mol. The number of hydrogen-bond donors (Lipinski definition) is 1. The van der Waals surface area contributed by atoms with Crippen molar-refractivity contribution >= 4 is 16.9 Å². The summed E-state index contributed by atoms with van der Waals surface area (Å²) in [6.07, 6.45) is 0.371.